The second-order valence-electron chi connectivity index (χ2n) is 5.71. The predicted molar refractivity (Wildman–Crippen MR) is 79.6 cm³/mol. The van der Waals surface area contributed by atoms with E-state index in [1.165, 1.54) is 0 Å². The number of hydrogen-bond acceptors (Lipinski definition) is 4. The summed E-state index contributed by atoms with van der Waals surface area (Å²) in [5.41, 5.74) is 0.419. The zero-order valence-electron chi connectivity index (χ0n) is 12.3. The SMILES string of the molecule is CCCC1(C(=O)O)CCN(c2cccc(C)c2[N+](=O)[O-])C1. The van der Waals surface area contributed by atoms with Crippen molar-refractivity contribution in [3.8, 4) is 0 Å². The summed E-state index contributed by atoms with van der Waals surface area (Å²) < 4.78 is 0. The zero-order chi connectivity index (χ0) is 15.6. The van der Waals surface area contributed by atoms with Crippen molar-refractivity contribution in [3.63, 3.8) is 0 Å². The minimum Gasteiger partial charge on any atom is -0.481 e. The number of para-hydroxylation sites is 1. The van der Waals surface area contributed by atoms with Crippen molar-refractivity contribution in [1.29, 1.82) is 0 Å². The van der Waals surface area contributed by atoms with Gasteiger partial charge in [0.05, 0.1) is 10.3 Å². The first-order valence-corrected chi connectivity index (χ1v) is 7.13. The molecule has 1 aromatic rings. The first-order valence-electron chi connectivity index (χ1n) is 7.13. The highest BCUT2D eigenvalue weighted by atomic mass is 16.6. The number of aliphatic carboxylic acids is 1. The van der Waals surface area contributed by atoms with Gasteiger partial charge in [0.15, 0.2) is 0 Å². The van der Waals surface area contributed by atoms with Gasteiger partial charge >= 0.3 is 5.97 Å². The van der Waals surface area contributed by atoms with Crippen LogP contribution in [0.15, 0.2) is 18.2 Å². The van der Waals surface area contributed by atoms with E-state index >= 15 is 0 Å². The van der Waals surface area contributed by atoms with Crippen LogP contribution < -0.4 is 4.90 Å². The third-order valence-corrected chi connectivity index (χ3v) is 4.28. The molecule has 1 fully saturated rings. The highest BCUT2D eigenvalue weighted by Gasteiger charge is 2.45. The Morgan fingerprint density at radius 3 is 2.81 bits per heavy atom. The minimum atomic E-state index is -0.804. The standard InChI is InChI=1S/C15H20N2O4/c1-3-7-15(14(18)19)8-9-16(10-15)12-6-4-5-11(2)13(12)17(20)21/h4-6H,3,7-10H2,1-2H3,(H,18,19). The summed E-state index contributed by atoms with van der Waals surface area (Å²) in [6.45, 7) is 4.54. The van der Waals surface area contributed by atoms with Gasteiger partial charge < -0.3 is 10.0 Å². The van der Waals surface area contributed by atoms with Gasteiger partial charge in [0.25, 0.3) is 5.69 Å². The lowest BCUT2D eigenvalue weighted by molar-refractivity contribution is -0.384. The number of nitrogens with zero attached hydrogens (tertiary/aromatic N) is 2. The van der Waals surface area contributed by atoms with Gasteiger partial charge in [-0.25, -0.2) is 0 Å². The average Bonchev–Trinajstić information content (AvgIpc) is 2.84. The van der Waals surface area contributed by atoms with E-state index in [1.807, 2.05) is 11.8 Å². The Balaban J connectivity index is 2.36. The van der Waals surface area contributed by atoms with Crippen LogP contribution in [-0.2, 0) is 4.79 Å². The van der Waals surface area contributed by atoms with Gasteiger partial charge in [-0.05, 0) is 25.8 Å². The van der Waals surface area contributed by atoms with Crippen LogP contribution in [0, 0.1) is 22.5 Å². The van der Waals surface area contributed by atoms with E-state index < -0.39 is 11.4 Å². The lowest BCUT2D eigenvalue weighted by Gasteiger charge is -2.25. The van der Waals surface area contributed by atoms with Crippen molar-refractivity contribution in [3.05, 3.63) is 33.9 Å². The van der Waals surface area contributed by atoms with Crippen molar-refractivity contribution >= 4 is 17.3 Å². The van der Waals surface area contributed by atoms with Crippen LogP contribution in [0.1, 0.15) is 31.7 Å². The van der Waals surface area contributed by atoms with E-state index in [1.54, 1.807) is 25.1 Å². The van der Waals surface area contributed by atoms with Crippen LogP contribution in [0.5, 0.6) is 0 Å². The van der Waals surface area contributed by atoms with Gasteiger partial charge in [0, 0.05) is 18.7 Å². The number of rotatable bonds is 5. The Labute approximate surface area is 123 Å². The highest BCUT2D eigenvalue weighted by molar-refractivity contribution is 5.78. The number of aryl methyl sites for hydroxylation is 1. The molecule has 1 aliphatic heterocycles. The second-order valence-corrected chi connectivity index (χ2v) is 5.71. The molecule has 1 aromatic carbocycles. The maximum Gasteiger partial charge on any atom is 0.311 e. The fourth-order valence-corrected chi connectivity index (χ4v) is 3.18. The molecule has 0 amide bonds. The first-order chi connectivity index (χ1) is 9.91. The maximum absolute atomic E-state index is 11.6. The molecule has 1 N–H and O–H groups in total. The molecular weight excluding hydrogens is 272 g/mol. The summed E-state index contributed by atoms with van der Waals surface area (Å²) in [5.74, 6) is -0.804. The molecule has 0 spiro atoms. The van der Waals surface area contributed by atoms with Crippen molar-refractivity contribution in [2.75, 3.05) is 18.0 Å². The molecule has 0 aromatic heterocycles. The molecule has 1 atom stereocenters. The van der Waals surface area contributed by atoms with Gasteiger partial charge in [-0.1, -0.05) is 25.5 Å². The molecule has 21 heavy (non-hydrogen) atoms. The van der Waals surface area contributed by atoms with E-state index in [-0.39, 0.29) is 10.6 Å². The fourth-order valence-electron chi connectivity index (χ4n) is 3.18. The lowest BCUT2D eigenvalue weighted by Crippen LogP contribution is -2.34. The van der Waals surface area contributed by atoms with E-state index in [0.717, 1.165) is 6.42 Å². The molecule has 1 unspecified atom stereocenters. The van der Waals surface area contributed by atoms with Gasteiger partial charge in [-0.15, -0.1) is 0 Å². The van der Waals surface area contributed by atoms with Crippen LogP contribution >= 0.6 is 0 Å². The fraction of sp³-hybridized carbons (Fsp3) is 0.533. The normalized spacial score (nSPS) is 21.5. The molecule has 0 saturated carbocycles. The van der Waals surface area contributed by atoms with Crippen LogP contribution in [-0.4, -0.2) is 29.1 Å². The first kappa shape index (κ1) is 15.3. The quantitative estimate of drug-likeness (QED) is 0.666. The number of nitro benzene ring substituents is 1. The molecule has 6 nitrogen and oxygen atoms in total. The molecular formula is C15H20N2O4. The van der Waals surface area contributed by atoms with E-state index in [2.05, 4.69) is 0 Å². The number of anilines is 1. The highest BCUT2D eigenvalue weighted by Crippen LogP contribution is 2.41. The van der Waals surface area contributed by atoms with Crippen LogP contribution in [0.25, 0.3) is 0 Å². The Kier molecular flexibility index (Phi) is 4.16. The van der Waals surface area contributed by atoms with Gasteiger partial charge in [0.1, 0.15) is 5.69 Å². The Morgan fingerprint density at radius 2 is 2.24 bits per heavy atom. The molecule has 6 heteroatoms. The maximum atomic E-state index is 11.6. The van der Waals surface area contributed by atoms with Crippen molar-refractivity contribution in [1.82, 2.24) is 0 Å². The van der Waals surface area contributed by atoms with Crippen molar-refractivity contribution in [2.45, 2.75) is 33.1 Å². The third kappa shape index (κ3) is 2.70. The number of hydrogen-bond donors (Lipinski definition) is 1. The van der Waals surface area contributed by atoms with Crippen LogP contribution in [0.3, 0.4) is 0 Å². The predicted octanol–water partition coefficient (Wildman–Crippen LogP) is 2.98. The van der Waals surface area contributed by atoms with Crippen molar-refractivity contribution < 1.29 is 14.8 Å². The second kappa shape index (κ2) is 5.71. The molecule has 1 saturated heterocycles. The summed E-state index contributed by atoms with van der Waals surface area (Å²) in [7, 11) is 0. The van der Waals surface area contributed by atoms with E-state index in [9.17, 15) is 20.0 Å². The smallest absolute Gasteiger partial charge is 0.311 e. The minimum absolute atomic E-state index is 0.0789. The van der Waals surface area contributed by atoms with E-state index in [4.69, 9.17) is 0 Å². The van der Waals surface area contributed by atoms with Crippen LogP contribution in [0.2, 0.25) is 0 Å². The van der Waals surface area contributed by atoms with Crippen LogP contribution in [0.4, 0.5) is 11.4 Å². The molecule has 0 bridgehead atoms. The average molecular weight is 292 g/mol. The zero-order valence-corrected chi connectivity index (χ0v) is 12.3. The molecule has 1 heterocycles. The largest absolute Gasteiger partial charge is 0.481 e. The number of carbonyl (C=O) groups is 1. The summed E-state index contributed by atoms with van der Waals surface area (Å²) in [6, 6.07) is 5.18. The third-order valence-electron chi connectivity index (χ3n) is 4.28. The van der Waals surface area contributed by atoms with Gasteiger partial charge in [-0.2, -0.15) is 0 Å². The van der Waals surface area contributed by atoms with E-state index in [0.29, 0.717) is 37.2 Å². The summed E-state index contributed by atoms with van der Waals surface area (Å²) in [5, 5.41) is 20.8. The molecule has 0 aliphatic carbocycles. The molecule has 114 valence electrons. The van der Waals surface area contributed by atoms with Gasteiger partial charge in [0.2, 0.25) is 0 Å². The summed E-state index contributed by atoms with van der Waals surface area (Å²) >= 11 is 0. The van der Waals surface area contributed by atoms with Crippen molar-refractivity contribution in [2.24, 2.45) is 5.41 Å². The monoisotopic (exact) mass is 292 g/mol. The number of carboxylic acid groups (broad SMARTS) is 1. The Morgan fingerprint density at radius 1 is 1.52 bits per heavy atom. The topological polar surface area (TPSA) is 83.7 Å². The molecule has 0 radical (unpaired) electrons. The Hall–Kier alpha value is -2.11. The van der Waals surface area contributed by atoms with Gasteiger partial charge in [-0.3, -0.25) is 14.9 Å². The molecule has 1 aliphatic rings. The number of benzene rings is 1. The Bertz CT molecular complexity index is 573. The summed E-state index contributed by atoms with van der Waals surface area (Å²) in [4.78, 5) is 24.4. The molecule has 2 rings (SSSR count). The lowest BCUT2D eigenvalue weighted by atomic mass is 9.83. The number of nitro groups is 1. The number of carboxylic acids is 1. The summed E-state index contributed by atoms with van der Waals surface area (Å²) in [6.07, 6.45) is 1.91.